The summed E-state index contributed by atoms with van der Waals surface area (Å²) in [5, 5.41) is 0. The lowest BCUT2D eigenvalue weighted by Crippen LogP contribution is -2.33. The van der Waals surface area contributed by atoms with Crippen LogP contribution in [0.25, 0.3) is 0 Å². The number of nitrogen functional groups attached to an aromatic ring is 1. The zero-order chi connectivity index (χ0) is 14.6. The number of anilines is 1. The van der Waals surface area contributed by atoms with Gasteiger partial charge in [-0.2, -0.15) is 4.31 Å². The molecular formula is C13H22N4O2S. The van der Waals surface area contributed by atoms with Gasteiger partial charge in [-0.3, -0.25) is 10.8 Å². The normalized spacial score (nSPS) is 21.4. The number of hydrogen-bond acceptors (Lipinski definition) is 5. The molecule has 0 radical (unpaired) electrons. The Hall–Kier alpha value is -1.18. The molecule has 0 bridgehead atoms. The molecule has 2 rings (SSSR count). The quantitative estimate of drug-likeness (QED) is 0.650. The minimum absolute atomic E-state index is 0.150. The minimum atomic E-state index is -3.53. The maximum Gasteiger partial charge on any atom is 0.246 e. The van der Waals surface area contributed by atoms with Crippen molar-refractivity contribution < 1.29 is 8.42 Å². The molecule has 1 atom stereocenters. The Morgan fingerprint density at radius 3 is 2.95 bits per heavy atom. The van der Waals surface area contributed by atoms with Gasteiger partial charge in [0.1, 0.15) is 4.90 Å². The molecule has 1 aliphatic heterocycles. The fourth-order valence-corrected chi connectivity index (χ4v) is 4.22. The summed E-state index contributed by atoms with van der Waals surface area (Å²) in [5.41, 5.74) is 2.82. The molecule has 1 unspecified atom stereocenters. The highest BCUT2D eigenvalue weighted by Crippen LogP contribution is 2.27. The van der Waals surface area contributed by atoms with E-state index in [-0.39, 0.29) is 4.90 Å². The standard InChI is InChI=1S/C13H22N4O2S/c1-2-11-4-3-8-17(9-6-11)20(18,19)13-10-15-7-5-12(13)16-14/h5,7,10-11H,2-4,6,8-9,14H2,1H3,(H,15,16). The molecule has 3 N–H and O–H groups in total. The van der Waals surface area contributed by atoms with Gasteiger partial charge in [0.2, 0.25) is 10.0 Å². The number of sulfonamides is 1. The molecule has 1 aromatic heterocycles. The number of hydrogen-bond donors (Lipinski definition) is 2. The summed E-state index contributed by atoms with van der Waals surface area (Å²) in [6.45, 7) is 3.30. The van der Waals surface area contributed by atoms with Crippen molar-refractivity contribution in [2.45, 2.75) is 37.5 Å². The van der Waals surface area contributed by atoms with Crippen molar-refractivity contribution in [3.05, 3.63) is 18.5 Å². The van der Waals surface area contributed by atoms with E-state index < -0.39 is 10.0 Å². The van der Waals surface area contributed by atoms with E-state index in [2.05, 4.69) is 17.3 Å². The molecule has 6 nitrogen and oxygen atoms in total. The van der Waals surface area contributed by atoms with Crippen molar-refractivity contribution in [1.82, 2.24) is 9.29 Å². The maximum absolute atomic E-state index is 12.7. The lowest BCUT2D eigenvalue weighted by molar-refractivity contribution is 0.407. The summed E-state index contributed by atoms with van der Waals surface area (Å²) in [4.78, 5) is 4.06. The van der Waals surface area contributed by atoms with Gasteiger partial charge in [0.05, 0.1) is 5.69 Å². The molecule has 0 spiro atoms. The molecule has 1 aliphatic rings. The Balaban J connectivity index is 2.26. The molecule has 0 aromatic carbocycles. The average molecular weight is 298 g/mol. The van der Waals surface area contributed by atoms with Crippen LogP contribution in [0.1, 0.15) is 32.6 Å². The Morgan fingerprint density at radius 2 is 2.25 bits per heavy atom. The lowest BCUT2D eigenvalue weighted by Gasteiger charge is -2.21. The number of nitrogens with zero attached hydrogens (tertiary/aromatic N) is 2. The Bertz CT molecular complexity index is 547. The van der Waals surface area contributed by atoms with Gasteiger partial charge in [-0.25, -0.2) is 8.42 Å². The first-order valence-electron chi connectivity index (χ1n) is 7.00. The van der Waals surface area contributed by atoms with E-state index in [1.807, 2.05) is 0 Å². The highest BCUT2D eigenvalue weighted by atomic mass is 32.2. The van der Waals surface area contributed by atoms with Crippen LogP contribution in [-0.2, 0) is 10.0 Å². The van der Waals surface area contributed by atoms with Crippen LogP contribution in [0.2, 0.25) is 0 Å². The topological polar surface area (TPSA) is 88.3 Å². The van der Waals surface area contributed by atoms with Gasteiger partial charge in [0, 0.05) is 25.5 Å². The molecule has 1 saturated heterocycles. The first-order chi connectivity index (χ1) is 9.59. The third kappa shape index (κ3) is 3.11. The number of nitrogens with one attached hydrogen (secondary N) is 1. The van der Waals surface area contributed by atoms with Gasteiger partial charge < -0.3 is 5.43 Å². The first-order valence-corrected chi connectivity index (χ1v) is 8.44. The fraction of sp³-hybridized carbons (Fsp3) is 0.615. The Labute approximate surface area is 120 Å². The van der Waals surface area contributed by atoms with E-state index in [9.17, 15) is 8.42 Å². The van der Waals surface area contributed by atoms with E-state index in [4.69, 9.17) is 5.84 Å². The minimum Gasteiger partial charge on any atom is -0.323 e. The fourth-order valence-electron chi connectivity index (χ4n) is 2.63. The molecule has 0 saturated carbocycles. The summed E-state index contributed by atoms with van der Waals surface area (Å²) >= 11 is 0. The van der Waals surface area contributed by atoms with Crippen molar-refractivity contribution in [3.63, 3.8) is 0 Å². The number of aromatic nitrogens is 1. The van der Waals surface area contributed by atoms with Crippen molar-refractivity contribution in [3.8, 4) is 0 Å². The summed E-state index contributed by atoms with van der Waals surface area (Å²) in [6.07, 6.45) is 6.90. The highest BCUT2D eigenvalue weighted by molar-refractivity contribution is 7.89. The second-order valence-corrected chi connectivity index (χ2v) is 7.03. The van der Waals surface area contributed by atoms with Gasteiger partial charge >= 0.3 is 0 Å². The highest BCUT2D eigenvalue weighted by Gasteiger charge is 2.29. The van der Waals surface area contributed by atoms with Crippen LogP contribution in [0.15, 0.2) is 23.4 Å². The first kappa shape index (κ1) is 15.2. The number of nitrogens with two attached hydrogens (primary N) is 1. The number of hydrazine groups is 1. The number of rotatable bonds is 4. The molecule has 1 fully saturated rings. The smallest absolute Gasteiger partial charge is 0.246 e. The summed E-state index contributed by atoms with van der Waals surface area (Å²) in [5.74, 6) is 6.01. The van der Waals surface area contributed by atoms with Crippen molar-refractivity contribution in [1.29, 1.82) is 0 Å². The summed E-state index contributed by atoms with van der Waals surface area (Å²) in [7, 11) is -3.53. The van der Waals surface area contributed by atoms with Crippen molar-refractivity contribution >= 4 is 15.7 Å². The van der Waals surface area contributed by atoms with E-state index >= 15 is 0 Å². The van der Waals surface area contributed by atoms with Crippen LogP contribution < -0.4 is 11.3 Å². The molecule has 20 heavy (non-hydrogen) atoms. The van der Waals surface area contributed by atoms with Gasteiger partial charge in [-0.1, -0.05) is 13.3 Å². The van der Waals surface area contributed by atoms with E-state index in [0.717, 1.165) is 25.7 Å². The van der Waals surface area contributed by atoms with Crippen LogP contribution in [0, 0.1) is 5.92 Å². The molecule has 1 aromatic rings. The predicted molar refractivity (Wildman–Crippen MR) is 78.4 cm³/mol. The third-order valence-electron chi connectivity index (χ3n) is 3.94. The third-order valence-corrected chi connectivity index (χ3v) is 5.87. The second-order valence-electron chi connectivity index (χ2n) is 5.13. The largest absolute Gasteiger partial charge is 0.323 e. The van der Waals surface area contributed by atoms with Gasteiger partial charge in [0.15, 0.2) is 0 Å². The SMILES string of the molecule is CCC1CCCN(S(=O)(=O)c2cnccc2NN)CC1. The van der Waals surface area contributed by atoms with Crippen LogP contribution in [0.3, 0.4) is 0 Å². The van der Waals surface area contributed by atoms with Crippen molar-refractivity contribution in [2.24, 2.45) is 11.8 Å². The van der Waals surface area contributed by atoms with Gasteiger partial charge in [-0.15, -0.1) is 0 Å². The van der Waals surface area contributed by atoms with Gasteiger partial charge in [0.25, 0.3) is 0 Å². The zero-order valence-electron chi connectivity index (χ0n) is 11.7. The molecule has 112 valence electrons. The van der Waals surface area contributed by atoms with Crippen LogP contribution in [0.4, 0.5) is 5.69 Å². The summed E-state index contributed by atoms with van der Waals surface area (Å²) < 4.78 is 27.0. The zero-order valence-corrected chi connectivity index (χ0v) is 12.6. The van der Waals surface area contributed by atoms with E-state index in [1.54, 1.807) is 10.4 Å². The van der Waals surface area contributed by atoms with Crippen LogP contribution in [-0.4, -0.2) is 30.8 Å². The molecule has 2 heterocycles. The van der Waals surface area contributed by atoms with Crippen molar-refractivity contribution in [2.75, 3.05) is 18.5 Å². The Kier molecular flexibility index (Phi) is 4.95. The predicted octanol–water partition coefficient (Wildman–Crippen LogP) is 1.57. The van der Waals surface area contributed by atoms with Crippen LogP contribution >= 0.6 is 0 Å². The van der Waals surface area contributed by atoms with Gasteiger partial charge in [-0.05, 0) is 31.2 Å². The maximum atomic E-state index is 12.7. The van der Waals surface area contributed by atoms with E-state index in [1.165, 1.54) is 12.4 Å². The van der Waals surface area contributed by atoms with E-state index in [0.29, 0.717) is 24.7 Å². The lowest BCUT2D eigenvalue weighted by atomic mass is 9.98. The molecular weight excluding hydrogens is 276 g/mol. The number of pyridine rings is 1. The second kappa shape index (κ2) is 6.51. The summed E-state index contributed by atoms with van der Waals surface area (Å²) in [6, 6.07) is 1.57. The average Bonchev–Trinajstić information content (AvgIpc) is 2.73. The molecule has 0 amide bonds. The monoisotopic (exact) mass is 298 g/mol. The molecule has 7 heteroatoms. The Morgan fingerprint density at radius 1 is 1.45 bits per heavy atom. The van der Waals surface area contributed by atoms with Crippen LogP contribution in [0.5, 0.6) is 0 Å². The molecule has 0 aliphatic carbocycles.